The number of nitrogen functional groups attached to an aromatic ring is 1. The number of nitrogens with one attached hydrogen (secondary N) is 3. The fourth-order valence-corrected chi connectivity index (χ4v) is 2.42. The highest BCUT2D eigenvalue weighted by Crippen LogP contribution is 2.26. The van der Waals surface area contributed by atoms with Gasteiger partial charge in [-0.15, -0.1) is 0 Å². The molecule has 27 heavy (non-hydrogen) atoms. The normalized spacial score (nSPS) is 10.1. The second-order valence-electron chi connectivity index (χ2n) is 5.73. The van der Waals surface area contributed by atoms with Crippen molar-refractivity contribution in [1.82, 2.24) is 15.4 Å². The number of ether oxygens (including phenoxy) is 1. The first-order chi connectivity index (χ1) is 13.1. The Morgan fingerprint density at radius 3 is 2.44 bits per heavy atom. The van der Waals surface area contributed by atoms with Gasteiger partial charge < -0.3 is 15.8 Å². The summed E-state index contributed by atoms with van der Waals surface area (Å²) in [6.07, 6.45) is 1.35. The van der Waals surface area contributed by atoms with E-state index < -0.39 is 0 Å². The number of amides is 1. The number of hydrogen-bond donors (Lipinski definition) is 4. The van der Waals surface area contributed by atoms with Crippen LogP contribution in [0, 0.1) is 6.92 Å². The fraction of sp³-hybridized carbons (Fsp3) is 0.105. The molecule has 0 bridgehead atoms. The standard InChI is InChI=1S/C19H20N6O2/c1-12-5-3-4-6-15(12)19(26)25-24-18-16(20)17(21-11-22-18)23-13-7-9-14(27-2)10-8-13/h3-11H,20H2,1-2H3,(H,25,26)(H2,21,22,23,24). The van der Waals surface area contributed by atoms with Gasteiger partial charge in [-0.3, -0.25) is 15.6 Å². The van der Waals surface area contributed by atoms with E-state index in [0.29, 0.717) is 17.2 Å². The number of methoxy groups -OCH3 is 1. The first-order valence-electron chi connectivity index (χ1n) is 8.22. The lowest BCUT2D eigenvalue weighted by Crippen LogP contribution is -2.30. The molecule has 0 unspecified atom stereocenters. The molecule has 138 valence electrons. The van der Waals surface area contributed by atoms with Crippen LogP contribution in [0.15, 0.2) is 54.9 Å². The van der Waals surface area contributed by atoms with Gasteiger partial charge in [-0.25, -0.2) is 9.97 Å². The number of aromatic nitrogens is 2. The van der Waals surface area contributed by atoms with E-state index in [-0.39, 0.29) is 11.6 Å². The van der Waals surface area contributed by atoms with Crippen molar-refractivity contribution in [3.8, 4) is 5.75 Å². The third-order valence-corrected chi connectivity index (χ3v) is 3.92. The molecule has 2 aromatic carbocycles. The van der Waals surface area contributed by atoms with Crippen LogP contribution >= 0.6 is 0 Å². The van der Waals surface area contributed by atoms with E-state index in [1.54, 1.807) is 19.2 Å². The molecule has 1 amide bonds. The molecule has 8 heteroatoms. The van der Waals surface area contributed by atoms with Crippen molar-refractivity contribution < 1.29 is 9.53 Å². The molecule has 0 aliphatic heterocycles. The Balaban J connectivity index is 1.71. The number of anilines is 4. The summed E-state index contributed by atoms with van der Waals surface area (Å²) in [5.41, 5.74) is 14.0. The molecule has 0 saturated heterocycles. The molecule has 0 atom stereocenters. The number of carbonyl (C=O) groups excluding carboxylic acids is 1. The minimum Gasteiger partial charge on any atom is -0.497 e. The van der Waals surface area contributed by atoms with Crippen LogP contribution in [0.25, 0.3) is 0 Å². The van der Waals surface area contributed by atoms with E-state index >= 15 is 0 Å². The molecule has 0 aliphatic carbocycles. The molecule has 1 aromatic heterocycles. The highest BCUT2D eigenvalue weighted by molar-refractivity contribution is 5.96. The number of benzene rings is 2. The Morgan fingerprint density at radius 1 is 1.04 bits per heavy atom. The molecule has 0 aliphatic rings. The molecule has 0 radical (unpaired) electrons. The summed E-state index contributed by atoms with van der Waals surface area (Å²) in [6, 6.07) is 14.6. The second-order valence-corrected chi connectivity index (χ2v) is 5.73. The topological polar surface area (TPSA) is 114 Å². The Bertz CT molecular complexity index is 943. The molecule has 3 rings (SSSR count). The minimum atomic E-state index is -0.282. The van der Waals surface area contributed by atoms with Crippen LogP contribution in [0.4, 0.5) is 23.0 Å². The molecule has 3 aromatic rings. The maximum Gasteiger partial charge on any atom is 0.269 e. The number of rotatable bonds is 6. The van der Waals surface area contributed by atoms with Crippen LogP contribution in [0.1, 0.15) is 15.9 Å². The highest BCUT2D eigenvalue weighted by Gasteiger charge is 2.11. The van der Waals surface area contributed by atoms with Gasteiger partial charge in [0.1, 0.15) is 17.8 Å². The summed E-state index contributed by atoms with van der Waals surface area (Å²) >= 11 is 0. The van der Waals surface area contributed by atoms with E-state index in [9.17, 15) is 4.79 Å². The number of nitrogens with zero attached hydrogens (tertiary/aromatic N) is 2. The van der Waals surface area contributed by atoms with Crippen molar-refractivity contribution in [1.29, 1.82) is 0 Å². The molecule has 1 heterocycles. The van der Waals surface area contributed by atoms with Crippen molar-refractivity contribution >= 4 is 28.9 Å². The maximum atomic E-state index is 12.3. The van der Waals surface area contributed by atoms with Gasteiger partial charge in [0, 0.05) is 11.3 Å². The number of aryl methyl sites for hydroxylation is 1. The molecule has 8 nitrogen and oxygen atoms in total. The van der Waals surface area contributed by atoms with Gasteiger partial charge in [-0.2, -0.15) is 0 Å². The van der Waals surface area contributed by atoms with Crippen molar-refractivity contribution in [3.63, 3.8) is 0 Å². The van der Waals surface area contributed by atoms with Crippen molar-refractivity contribution in [2.75, 3.05) is 23.6 Å². The van der Waals surface area contributed by atoms with E-state index in [0.717, 1.165) is 17.0 Å². The van der Waals surface area contributed by atoms with Crippen LogP contribution < -0.4 is 26.6 Å². The summed E-state index contributed by atoms with van der Waals surface area (Å²) in [6.45, 7) is 1.87. The molecule has 0 fully saturated rings. The van der Waals surface area contributed by atoms with Gasteiger partial charge in [0.15, 0.2) is 11.6 Å². The maximum absolute atomic E-state index is 12.3. The summed E-state index contributed by atoms with van der Waals surface area (Å²) < 4.78 is 5.13. The third-order valence-electron chi connectivity index (χ3n) is 3.92. The Kier molecular flexibility index (Phi) is 5.36. The predicted octanol–water partition coefficient (Wildman–Crippen LogP) is 2.88. The Morgan fingerprint density at radius 2 is 1.74 bits per heavy atom. The molecular formula is C19H20N6O2. The van der Waals surface area contributed by atoms with Gasteiger partial charge >= 0.3 is 0 Å². The van der Waals surface area contributed by atoms with Gasteiger partial charge in [0.05, 0.1) is 7.11 Å². The zero-order valence-electron chi connectivity index (χ0n) is 15.0. The molecular weight excluding hydrogens is 344 g/mol. The van der Waals surface area contributed by atoms with Crippen molar-refractivity contribution in [2.45, 2.75) is 6.92 Å². The number of hydrazine groups is 1. The largest absolute Gasteiger partial charge is 0.497 e. The fourth-order valence-electron chi connectivity index (χ4n) is 2.42. The third kappa shape index (κ3) is 4.24. The predicted molar refractivity (Wildman–Crippen MR) is 105 cm³/mol. The van der Waals surface area contributed by atoms with E-state index in [1.165, 1.54) is 6.33 Å². The minimum absolute atomic E-state index is 0.276. The lowest BCUT2D eigenvalue weighted by Gasteiger charge is -2.14. The molecule has 0 spiro atoms. The second kappa shape index (κ2) is 8.05. The SMILES string of the molecule is COc1ccc(Nc2ncnc(NNC(=O)c3ccccc3C)c2N)cc1. The van der Waals surface area contributed by atoms with Gasteiger partial charge in [0.2, 0.25) is 0 Å². The first kappa shape index (κ1) is 18.0. The smallest absolute Gasteiger partial charge is 0.269 e. The zero-order chi connectivity index (χ0) is 19.2. The quantitative estimate of drug-likeness (QED) is 0.497. The van der Waals surface area contributed by atoms with Crippen molar-refractivity contribution in [3.05, 3.63) is 66.0 Å². The summed E-state index contributed by atoms with van der Waals surface area (Å²) in [7, 11) is 1.61. The summed E-state index contributed by atoms with van der Waals surface area (Å²) in [5.74, 6) is 1.18. The van der Waals surface area contributed by atoms with E-state index in [1.807, 2.05) is 43.3 Å². The van der Waals surface area contributed by atoms with Crippen LogP contribution in [-0.4, -0.2) is 23.0 Å². The Hall–Kier alpha value is -3.81. The van der Waals surface area contributed by atoms with E-state index in [2.05, 4.69) is 26.1 Å². The van der Waals surface area contributed by atoms with Crippen LogP contribution in [0.3, 0.4) is 0 Å². The lowest BCUT2D eigenvalue weighted by atomic mass is 10.1. The first-order valence-corrected chi connectivity index (χ1v) is 8.22. The monoisotopic (exact) mass is 364 g/mol. The van der Waals surface area contributed by atoms with Crippen LogP contribution in [0.2, 0.25) is 0 Å². The van der Waals surface area contributed by atoms with Gasteiger partial charge in [-0.05, 0) is 42.8 Å². The zero-order valence-corrected chi connectivity index (χ0v) is 15.0. The molecule has 5 N–H and O–H groups in total. The molecule has 0 saturated carbocycles. The van der Waals surface area contributed by atoms with Gasteiger partial charge in [0.25, 0.3) is 5.91 Å². The van der Waals surface area contributed by atoms with Crippen LogP contribution in [-0.2, 0) is 0 Å². The highest BCUT2D eigenvalue weighted by atomic mass is 16.5. The average Bonchev–Trinajstić information content (AvgIpc) is 2.69. The Labute approximate surface area is 156 Å². The lowest BCUT2D eigenvalue weighted by molar-refractivity contribution is 0.0962. The van der Waals surface area contributed by atoms with Crippen molar-refractivity contribution in [2.24, 2.45) is 0 Å². The number of nitrogens with two attached hydrogens (primary N) is 1. The van der Waals surface area contributed by atoms with E-state index in [4.69, 9.17) is 10.5 Å². The number of hydrogen-bond acceptors (Lipinski definition) is 7. The van der Waals surface area contributed by atoms with Crippen LogP contribution in [0.5, 0.6) is 5.75 Å². The summed E-state index contributed by atoms with van der Waals surface area (Å²) in [4.78, 5) is 20.5. The number of carbonyl (C=O) groups is 1. The van der Waals surface area contributed by atoms with Gasteiger partial charge in [-0.1, -0.05) is 18.2 Å². The average molecular weight is 364 g/mol. The summed E-state index contributed by atoms with van der Waals surface area (Å²) in [5, 5.41) is 3.11.